The summed E-state index contributed by atoms with van der Waals surface area (Å²) in [4.78, 5) is 103. The van der Waals surface area contributed by atoms with E-state index in [-0.39, 0.29) is 92.4 Å². The highest BCUT2D eigenvalue weighted by atomic mass is 16.6. The van der Waals surface area contributed by atoms with Gasteiger partial charge in [0, 0.05) is 62.2 Å². The highest BCUT2D eigenvalue weighted by molar-refractivity contribution is 6.07. The van der Waals surface area contributed by atoms with E-state index in [1.807, 2.05) is 44.4 Å². The molecule has 5 atom stereocenters. The fraction of sp³-hybridized carbons (Fsp3) is 0.528. The molecule has 526 valence electrons. The normalized spacial score (nSPS) is 18.4. The maximum absolute atomic E-state index is 14.4. The number of nitrogens with zero attached hydrogens (tertiary/aromatic N) is 4. The Labute approximate surface area is 568 Å². The van der Waals surface area contributed by atoms with E-state index in [2.05, 4.69) is 26.3 Å². The number of rotatable bonds is 35. The van der Waals surface area contributed by atoms with Gasteiger partial charge in [-0.1, -0.05) is 82.4 Å². The van der Waals surface area contributed by atoms with E-state index in [9.17, 15) is 38.7 Å². The summed E-state index contributed by atoms with van der Waals surface area (Å²) in [5.41, 5.74) is 3.60. The van der Waals surface area contributed by atoms with Crippen molar-refractivity contribution in [1.29, 1.82) is 0 Å². The highest BCUT2D eigenvalue weighted by Gasteiger charge is 2.46. The Balaban J connectivity index is 0.757. The summed E-state index contributed by atoms with van der Waals surface area (Å²) >= 11 is 0. The van der Waals surface area contributed by atoms with Crippen molar-refractivity contribution in [3.8, 4) is 23.0 Å². The molecule has 0 unspecified atom stereocenters. The number of aliphatic hydroxyl groups excluding tert-OH is 1. The molecule has 3 aromatic carbocycles. The Morgan fingerprint density at radius 1 is 0.660 bits per heavy atom. The van der Waals surface area contributed by atoms with Gasteiger partial charge < -0.3 is 78.8 Å². The molecule has 1 fully saturated rings. The summed E-state index contributed by atoms with van der Waals surface area (Å²) in [5, 5.41) is 23.3. The predicted molar refractivity (Wildman–Crippen MR) is 364 cm³/mol. The fourth-order valence-electron chi connectivity index (χ4n) is 12.0. The van der Waals surface area contributed by atoms with Crippen LogP contribution in [0.2, 0.25) is 0 Å². The van der Waals surface area contributed by atoms with Crippen LogP contribution in [0, 0.1) is 11.8 Å². The molecule has 25 nitrogen and oxygen atoms in total. The number of nitrogens with one attached hydrogen (secondary N) is 4. The first kappa shape index (κ1) is 74.2. The van der Waals surface area contributed by atoms with Crippen LogP contribution in [-0.4, -0.2) is 180 Å². The average Bonchev–Trinajstić information content (AvgIpc) is 1.67. The number of carbonyl (C=O) groups excluding carboxylic acids is 7. The van der Waals surface area contributed by atoms with Crippen LogP contribution < -0.4 is 45.1 Å². The van der Waals surface area contributed by atoms with Crippen molar-refractivity contribution in [3.63, 3.8) is 0 Å². The van der Waals surface area contributed by atoms with Gasteiger partial charge in [0.15, 0.2) is 29.2 Å². The van der Waals surface area contributed by atoms with Crippen molar-refractivity contribution in [1.82, 2.24) is 25.8 Å². The minimum absolute atomic E-state index is 0.000222. The first-order valence-corrected chi connectivity index (χ1v) is 33.8. The quantitative estimate of drug-likeness (QED) is 0.0343. The van der Waals surface area contributed by atoms with E-state index < -0.39 is 54.1 Å². The highest BCUT2D eigenvalue weighted by Crippen LogP contribution is 2.43. The second-order valence-corrected chi connectivity index (χ2v) is 24.8. The van der Waals surface area contributed by atoms with E-state index in [1.165, 1.54) is 70.3 Å². The van der Waals surface area contributed by atoms with Crippen LogP contribution in [0.3, 0.4) is 0 Å². The molecule has 0 bridgehead atoms. The molecule has 0 saturated heterocycles. The first-order chi connectivity index (χ1) is 47.0. The lowest BCUT2D eigenvalue weighted by atomic mass is 9.89. The number of methoxy groups -OCH3 is 2. The molecule has 1 saturated carbocycles. The largest absolute Gasteiger partial charge is 0.493 e. The summed E-state index contributed by atoms with van der Waals surface area (Å²) in [5.74, 6) is -0.770. The molecular formula is C72H96N8O17. The number of benzene rings is 3. The average molecular weight is 1350 g/mol. The molecule has 0 radical (unpaired) electrons. The Hall–Kier alpha value is -8.62. The number of carbonyl (C=O) groups is 7. The van der Waals surface area contributed by atoms with Gasteiger partial charge in [0.1, 0.15) is 18.7 Å². The molecule has 97 heavy (non-hydrogen) atoms. The molecule has 0 spiro atoms. The number of hydrogen-bond acceptors (Lipinski definition) is 18. The smallest absolute Gasteiger partial charge is 0.416 e. The minimum atomic E-state index is -1.57. The summed E-state index contributed by atoms with van der Waals surface area (Å²) in [6.45, 7) is 11.9. The number of aliphatic imine (C=N–C) groups is 1. The van der Waals surface area contributed by atoms with Gasteiger partial charge in [0.05, 0.1) is 115 Å². The lowest BCUT2D eigenvalue weighted by Crippen LogP contribution is -2.53. The lowest BCUT2D eigenvalue weighted by Gasteiger charge is -2.31. The predicted octanol–water partition coefficient (Wildman–Crippen LogP) is 9.00. The second kappa shape index (κ2) is 37.8. The van der Waals surface area contributed by atoms with Crippen LogP contribution in [0.5, 0.6) is 23.0 Å². The monoisotopic (exact) mass is 1340 g/mol. The van der Waals surface area contributed by atoms with Gasteiger partial charge in [0.25, 0.3) is 11.8 Å². The number of hydrogen-bond donors (Lipinski definition) is 5. The van der Waals surface area contributed by atoms with E-state index >= 15 is 0 Å². The molecule has 5 N–H and O–H groups in total. The third-order valence-corrected chi connectivity index (χ3v) is 17.2. The molecule has 8 rings (SSSR count). The number of amides is 7. The van der Waals surface area contributed by atoms with Crippen LogP contribution in [0.4, 0.5) is 21.9 Å². The van der Waals surface area contributed by atoms with E-state index in [0.29, 0.717) is 105 Å². The van der Waals surface area contributed by atoms with E-state index in [0.717, 1.165) is 28.9 Å². The van der Waals surface area contributed by atoms with Crippen molar-refractivity contribution in [2.75, 3.05) is 97.0 Å². The SMILES string of the molecule is C/C=C/C1=CN2C(=O)c3cc(OC)c(OCCCOc4cc5c(cc4OC)C(=O)N4C=C(/C=C/C)C[C@H]4[C@H](O)N5C(=O)OCc4ccc(NC(=O)[C@H](C)NC(=O)[C@@H](NC(=O)CCOCCOCCOCCOCCNC(=O)CC5CCCCCCC5)C(C)C)cc4)cc3N=C[C@@H]2C1. The fourth-order valence-corrected chi connectivity index (χ4v) is 12.0. The second-order valence-electron chi connectivity index (χ2n) is 24.8. The van der Waals surface area contributed by atoms with Crippen LogP contribution in [-0.2, 0) is 49.5 Å². The van der Waals surface area contributed by atoms with Crippen molar-refractivity contribution >= 4 is 64.8 Å². The molecule has 4 aliphatic heterocycles. The van der Waals surface area contributed by atoms with Crippen molar-refractivity contribution in [2.45, 2.75) is 149 Å². The number of fused-ring (bicyclic) bond motifs is 4. The van der Waals surface area contributed by atoms with Gasteiger partial charge in [-0.3, -0.25) is 33.8 Å². The third-order valence-electron chi connectivity index (χ3n) is 17.2. The Kier molecular flexibility index (Phi) is 28.9. The van der Waals surface area contributed by atoms with Gasteiger partial charge in [-0.25, -0.2) is 9.69 Å². The van der Waals surface area contributed by atoms with E-state index in [4.69, 9.17) is 42.6 Å². The van der Waals surface area contributed by atoms with Gasteiger partial charge in [-0.2, -0.15) is 0 Å². The Bertz CT molecular complexity index is 3340. The summed E-state index contributed by atoms with van der Waals surface area (Å²) < 4.78 is 51.9. The standard InChI is InChI=1S/C72H96N8O17/c1-8-16-51-36-54-43-74-57-41-62(60(89-6)39-55(57)69(85)78(54)44-51)95-26-15-27-96-63-42-58-56(40-61(63)90-7)70(86)79-45-52(17-9-2)37-59(79)71(87)80(58)72(88)97-46-50-20-22-53(23-21-50)76-67(83)48(5)75-68(84)66(47(3)4)77-64(81)24-28-91-30-32-93-34-35-94-33-31-92-29-25-73-65(82)38-49-18-13-11-10-12-14-19-49/h8-9,16-17,20-23,39-45,47-49,54,59,66,71,87H,10-15,18-19,24-38,46H2,1-7H3,(H,73,82)(H,75,84)(H,76,83)(H,77,81)/b16-8+,17-9+/t48-,54-,59-,66-,71-/m0/s1. The zero-order valence-corrected chi connectivity index (χ0v) is 56.9. The molecule has 25 heteroatoms. The molecule has 5 aliphatic rings. The summed E-state index contributed by atoms with van der Waals surface area (Å²) in [6, 6.07) is 9.68. The Morgan fingerprint density at radius 2 is 1.25 bits per heavy atom. The molecule has 7 amide bonds. The zero-order valence-electron chi connectivity index (χ0n) is 56.9. The molecule has 0 aromatic heterocycles. The first-order valence-electron chi connectivity index (χ1n) is 33.8. The van der Waals surface area contributed by atoms with Crippen molar-refractivity contribution in [3.05, 3.63) is 113 Å². The summed E-state index contributed by atoms with van der Waals surface area (Å²) in [7, 11) is 2.92. The van der Waals surface area contributed by atoms with Crippen LogP contribution in [0.15, 0.2) is 101 Å². The van der Waals surface area contributed by atoms with Crippen molar-refractivity contribution in [2.24, 2.45) is 16.8 Å². The van der Waals surface area contributed by atoms with E-state index in [1.54, 1.807) is 67.6 Å². The zero-order chi connectivity index (χ0) is 69.2. The molecular weight excluding hydrogens is 1250 g/mol. The maximum Gasteiger partial charge on any atom is 0.416 e. The lowest BCUT2D eigenvalue weighted by molar-refractivity contribution is -0.132. The van der Waals surface area contributed by atoms with Gasteiger partial charge in [-0.15, -0.1) is 0 Å². The number of ether oxygens (including phenoxy) is 9. The van der Waals surface area contributed by atoms with Gasteiger partial charge in [0.2, 0.25) is 23.6 Å². The maximum atomic E-state index is 14.4. The number of anilines is 2. The van der Waals surface area contributed by atoms with Gasteiger partial charge >= 0.3 is 6.09 Å². The molecule has 4 heterocycles. The number of allylic oxidation sites excluding steroid dienone is 4. The topological polar surface area (TPSA) is 293 Å². The van der Waals surface area contributed by atoms with Crippen LogP contribution in [0.25, 0.3) is 0 Å². The van der Waals surface area contributed by atoms with Crippen LogP contribution in [0.1, 0.15) is 138 Å². The minimum Gasteiger partial charge on any atom is -0.493 e. The van der Waals surface area contributed by atoms with Gasteiger partial charge in [-0.05, 0) is 99.3 Å². The Morgan fingerprint density at radius 3 is 1.89 bits per heavy atom. The van der Waals surface area contributed by atoms with Crippen molar-refractivity contribution < 1.29 is 81.3 Å². The molecule has 1 aliphatic carbocycles. The third kappa shape index (κ3) is 21.2. The molecule has 3 aromatic rings. The summed E-state index contributed by atoms with van der Waals surface area (Å²) in [6.07, 6.45) is 20.7. The van der Waals surface area contributed by atoms with Crippen LogP contribution >= 0.6 is 0 Å². The number of aliphatic hydroxyl groups is 1.